The molecule has 2 aromatic rings. The van der Waals surface area contributed by atoms with E-state index in [1.54, 1.807) is 4.90 Å². The Balaban J connectivity index is 2.01. The number of carboxylic acids is 1. The molecule has 1 aromatic heterocycles. The largest absolute Gasteiger partial charge is 0.480 e. The Morgan fingerprint density at radius 3 is 2.82 bits per heavy atom. The topological polar surface area (TPSA) is 79.5 Å². The molecule has 6 nitrogen and oxygen atoms in total. The lowest BCUT2D eigenvalue weighted by Crippen LogP contribution is -2.30. The maximum absolute atomic E-state index is 10.9. The fourth-order valence-electron chi connectivity index (χ4n) is 2.32. The lowest BCUT2D eigenvalue weighted by molar-refractivity contribution is -0.138. The van der Waals surface area contributed by atoms with Crippen LogP contribution in [0.3, 0.4) is 0 Å². The van der Waals surface area contributed by atoms with E-state index in [4.69, 9.17) is 9.63 Å². The molecule has 0 aliphatic carbocycles. The second-order valence-corrected chi connectivity index (χ2v) is 5.31. The number of nitrogens with zero attached hydrogens (tertiary/aromatic N) is 3. The third-order valence-corrected chi connectivity index (χ3v) is 3.38. The minimum Gasteiger partial charge on any atom is -0.480 e. The van der Waals surface area contributed by atoms with Gasteiger partial charge < -0.3 is 9.63 Å². The molecule has 0 atom stereocenters. The predicted octanol–water partition coefficient (Wildman–Crippen LogP) is 2.27. The van der Waals surface area contributed by atoms with Crippen molar-refractivity contribution in [2.24, 2.45) is 0 Å². The Bertz CT molecular complexity index is 625. The average molecular weight is 303 g/mol. The van der Waals surface area contributed by atoms with Gasteiger partial charge in [0.25, 0.3) is 0 Å². The molecule has 1 heterocycles. The fraction of sp³-hybridized carbons (Fsp3) is 0.438. The van der Waals surface area contributed by atoms with Crippen molar-refractivity contribution in [2.45, 2.75) is 33.2 Å². The van der Waals surface area contributed by atoms with Crippen LogP contribution in [0.15, 0.2) is 28.8 Å². The number of benzene rings is 1. The minimum atomic E-state index is -0.854. The number of carbonyl (C=O) groups is 1. The molecule has 1 N–H and O–H groups in total. The van der Waals surface area contributed by atoms with Crippen molar-refractivity contribution in [3.63, 3.8) is 0 Å². The van der Waals surface area contributed by atoms with Crippen LogP contribution in [0.2, 0.25) is 0 Å². The van der Waals surface area contributed by atoms with Crippen LogP contribution in [-0.4, -0.2) is 39.2 Å². The van der Waals surface area contributed by atoms with Crippen LogP contribution in [0.5, 0.6) is 0 Å². The van der Waals surface area contributed by atoms with E-state index in [-0.39, 0.29) is 6.54 Å². The predicted molar refractivity (Wildman–Crippen MR) is 81.5 cm³/mol. The van der Waals surface area contributed by atoms with E-state index in [0.717, 1.165) is 12.0 Å². The fourth-order valence-corrected chi connectivity index (χ4v) is 2.32. The molecular weight excluding hydrogens is 282 g/mol. The van der Waals surface area contributed by atoms with Gasteiger partial charge in [-0.1, -0.05) is 36.3 Å². The first-order chi connectivity index (χ1) is 10.6. The van der Waals surface area contributed by atoms with Crippen molar-refractivity contribution in [1.29, 1.82) is 0 Å². The summed E-state index contributed by atoms with van der Waals surface area (Å²) in [6, 6.07) is 8.07. The van der Waals surface area contributed by atoms with Crippen LogP contribution in [0.4, 0.5) is 0 Å². The van der Waals surface area contributed by atoms with E-state index in [9.17, 15) is 4.79 Å². The van der Waals surface area contributed by atoms with E-state index in [1.807, 2.05) is 38.1 Å². The number of aromatic nitrogens is 2. The van der Waals surface area contributed by atoms with Crippen LogP contribution in [-0.2, 0) is 17.8 Å². The molecule has 2 rings (SSSR count). The highest BCUT2D eigenvalue weighted by Crippen LogP contribution is 2.12. The van der Waals surface area contributed by atoms with Crippen molar-refractivity contribution in [3.8, 4) is 0 Å². The van der Waals surface area contributed by atoms with Crippen LogP contribution in [0, 0.1) is 6.92 Å². The van der Waals surface area contributed by atoms with E-state index in [0.29, 0.717) is 31.2 Å². The van der Waals surface area contributed by atoms with Gasteiger partial charge in [-0.15, -0.1) is 0 Å². The molecule has 6 heteroatoms. The molecule has 0 saturated heterocycles. The molecule has 0 radical (unpaired) electrons. The molecular formula is C16H21N3O3. The standard InChI is InChI=1S/C16H21N3O3/c1-3-8-19(11-16(20)21)10-15-17-14(18-22-15)9-13-7-5-4-6-12(13)2/h4-7H,3,8-11H2,1-2H3,(H,20,21). The van der Waals surface area contributed by atoms with Crippen molar-refractivity contribution < 1.29 is 14.4 Å². The monoisotopic (exact) mass is 303 g/mol. The number of hydrogen-bond donors (Lipinski definition) is 1. The molecule has 0 bridgehead atoms. The maximum atomic E-state index is 10.9. The van der Waals surface area contributed by atoms with Crippen molar-refractivity contribution in [2.75, 3.05) is 13.1 Å². The zero-order chi connectivity index (χ0) is 15.9. The molecule has 0 unspecified atom stereocenters. The first kappa shape index (κ1) is 16.2. The number of hydrogen-bond acceptors (Lipinski definition) is 5. The van der Waals surface area contributed by atoms with Crippen LogP contribution in [0.25, 0.3) is 0 Å². The second-order valence-electron chi connectivity index (χ2n) is 5.31. The zero-order valence-corrected chi connectivity index (χ0v) is 13.0. The Labute approximate surface area is 129 Å². The van der Waals surface area contributed by atoms with Crippen LogP contribution >= 0.6 is 0 Å². The molecule has 0 saturated carbocycles. The maximum Gasteiger partial charge on any atom is 0.317 e. The molecule has 0 aliphatic rings. The summed E-state index contributed by atoms with van der Waals surface area (Å²) in [7, 11) is 0. The van der Waals surface area contributed by atoms with Gasteiger partial charge in [0.15, 0.2) is 5.82 Å². The van der Waals surface area contributed by atoms with Crippen molar-refractivity contribution >= 4 is 5.97 Å². The first-order valence-electron chi connectivity index (χ1n) is 7.38. The van der Waals surface area contributed by atoms with Gasteiger partial charge in [0.2, 0.25) is 5.89 Å². The van der Waals surface area contributed by atoms with Gasteiger partial charge in [0.1, 0.15) is 0 Å². The number of aliphatic carboxylic acids is 1. The van der Waals surface area contributed by atoms with Crippen LogP contribution in [0.1, 0.15) is 36.2 Å². The SMILES string of the molecule is CCCN(CC(=O)O)Cc1nc(Cc2ccccc2C)no1. The highest BCUT2D eigenvalue weighted by Gasteiger charge is 2.14. The molecule has 1 aromatic carbocycles. The lowest BCUT2D eigenvalue weighted by atomic mass is 10.1. The summed E-state index contributed by atoms with van der Waals surface area (Å²) in [5.74, 6) is 0.224. The Morgan fingerprint density at radius 2 is 2.14 bits per heavy atom. The smallest absolute Gasteiger partial charge is 0.317 e. The molecule has 118 valence electrons. The van der Waals surface area contributed by atoms with Gasteiger partial charge in [0, 0.05) is 6.42 Å². The number of rotatable bonds is 8. The Kier molecular flexibility index (Phi) is 5.66. The Morgan fingerprint density at radius 1 is 1.36 bits per heavy atom. The van der Waals surface area contributed by atoms with E-state index >= 15 is 0 Å². The molecule has 0 amide bonds. The normalized spacial score (nSPS) is 11.0. The highest BCUT2D eigenvalue weighted by molar-refractivity contribution is 5.69. The summed E-state index contributed by atoms with van der Waals surface area (Å²) < 4.78 is 5.24. The van der Waals surface area contributed by atoms with E-state index < -0.39 is 5.97 Å². The lowest BCUT2D eigenvalue weighted by Gasteiger charge is -2.16. The summed E-state index contributed by atoms with van der Waals surface area (Å²) in [6.07, 6.45) is 1.49. The molecule has 0 fully saturated rings. The average Bonchev–Trinajstić information content (AvgIpc) is 2.88. The third kappa shape index (κ3) is 4.66. The summed E-state index contributed by atoms with van der Waals surface area (Å²) in [6.45, 7) is 5.07. The summed E-state index contributed by atoms with van der Waals surface area (Å²) in [4.78, 5) is 17.0. The molecule has 0 spiro atoms. The van der Waals surface area contributed by atoms with E-state index in [1.165, 1.54) is 5.56 Å². The van der Waals surface area contributed by atoms with Gasteiger partial charge in [-0.2, -0.15) is 4.98 Å². The highest BCUT2D eigenvalue weighted by atomic mass is 16.5. The summed E-state index contributed by atoms with van der Waals surface area (Å²) in [5, 5.41) is 12.9. The number of aryl methyl sites for hydroxylation is 1. The van der Waals surface area contributed by atoms with E-state index in [2.05, 4.69) is 10.1 Å². The quantitative estimate of drug-likeness (QED) is 0.806. The Hall–Kier alpha value is -2.21. The van der Waals surface area contributed by atoms with Crippen LogP contribution < -0.4 is 0 Å². The van der Waals surface area contributed by atoms with Crippen molar-refractivity contribution in [1.82, 2.24) is 15.0 Å². The second kappa shape index (κ2) is 7.70. The number of carboxylic acid groups (broad SMARTS) is 1. The minimum absolute atomic E-state index is 0.0245. The first-order valence-corrected chi connectivity index (χ1v) is 7.38. The molecule has 22 heavy (non-hydrogen) atoms. The van der Waals surface area contributed by atoms with Gasteiger partial charge in [-0.25, -0.2) is 0 Å². The van der Waals surface area contributed by atoms with Gasteiger partial charge in [0.05, 0.1) is 13.1 Å². The third-order valence-electron chi connectivity index (χ3n) is 3.38. The summed E-state index contributed by atoms with van der Waals surface area (Å²) >= 11 is 0. The zero-order valence-electron chi connectivity index (χ0n) is 13.0. The van der Waals surface area contributed by atoms with Gasteiger partial charge in [-0.05, 0) is 31.0 Å². The van der Waals surface area contributed by atoms with Crippen molar-refractivity contribution in [3.05, 3.63) is 47.1 Å². The summed E-state index contributed by atoms with van der Waals surface area (Å²) in [5.41, 5.74) is 2.35. The molecule has 0 aliphatic heterocycles. The van der Waals surface area contributed by atoms with Gasteiger partial charge >= 0.3 is 5.97 Å². The van der Waals surface area contributed by atoms with Gasteiger partial charge in [-0.3, -0.25) is 9.69 Å².